The van der Waals surface area contributed by atoms with Crippen LogP contribution in [-0.4, -0.2) is 53.6 Å². The summed E-state index contributed by atoms with van der Waals surface area (Å²) < 4.78 is 23.2. The molecule has 31 heavy (non-hydrogen) atoms. The summed E-state index contributed by atoms with van der Waals surface area (Å²) in [7, 11) is 0. The fourth-order valence-corrected chi connectivity index (χ4v) is 3.73. The minimum atomic E-state index is -0.943. The number of ether oxygens (including phenoxy) is 4. The van der Waals surface area contributed by atoms with Crippen LogP contribution in [0.5, 0.6) is 0 Å². The van der Waals surface area contributed by atoms with Crippen LogP contribution in [0.2, 0.25) is 0 Å². The van der Waals surface area contributed by atoms with E-state index in [4.69, 9.17) is 18.9 Å². The van der Waals surface area contributed by atoms with Crippen LogP contribution in [0.3, 0.4) is 0 Å². The van der Waals surface area contributed by atoms with Crippen LogP contribution in [0.15, 0.2) is 48.5 Å². The molecule has 0 aliphatic carbocycles. The van der Waals surface area contributed by atoms with Gasteiger partial charge < -0.3 is 29.2 Å². The van der Waals surface area contributed by atoms with Crippen molar-refractivity contribution in [2.24, 2.45) is 0 Å². The average Bonchev–Trinajstić information content (AvgIpc) is 3.06. The molecular weight excluding hydrogens is 396 g/mol. The van der Waals surface area contributed by atoms with Gasteiger partial charge in [-0.1, -0.05) is 48.5 Å². The lowest BCUT2D eigenvalue weighted by Crippen LogP contribution is -2.45. The van der Waals surface area contributed by atoms with E-state index in [0.29, 0.717) is 13.2 Å². The SMILES string of the molecule is Cc1ccccc1COC[C@@H](O)[C@H]1OC(C)(C)O[C@@H]1[C@H](O)COCc1ccccc1C. The summed E-state index contributed by atoms with van der Waals surface area (Å²) in [6.07, 6.45) is -3.32. The number of benzene rings is 2. The van der Waals surface area contributed by atoms with E-state index in [1.54, 1.807) is 13.8 Å². The van der Waals surface area contributed by atoms with Gasteiger partial charge in [0, 0.05) is 0 Å². The molecule has 1 aliphatic rings. The first-order valence-electron chi connectivity index (χ1n) is 10.7. The molecule has 2 aromatic rings. The summed E-state index contributed by atoms with van der Waals surface area (Å²) in [6.45, 7) is 8.52. The molecule has 1 heterocycles. The molecule has 1 aliphatic heterocycles. The Hall–Kier alpha value is -1.80. The Balaban J connectivity index is 1.52. The largest absolute Gasteiger partial charge is 0.388 e. The van der Waals surface area contributed by atoms with Gasteiger partial charge in [0.1, 0.15) is 24.4 Å². The molecule has 0 unspecified atom stereocenters. The Morgan fingerprint density at radius 3 is 1.55 bits per heavy atom. The Kier molecular flexibility index (Phi) is 8.22. The summed E-state index contributed by atoms with van der Waals surface area (Å²) in [6, 6.07) is 15.9. The van der Waals surface area contributed by atoms with Crippen molar-refractivity contribution in [1.29, 1.82) is 0 Å². The second kappa shape index (κ2) is 10.7. The lowest BCUT2D eigenvalue weighted by molar-refractivity contribution is -0.165. The Labute approximate surface area is 184 Å². The molecule has 0 aromatic heterocycles. The summed E-state index contributed by atoms with van der Waals surface area (Å²) in [4.78, 5) is 0. The molecule has 4 atom stereocenters. The fraction of sp³-hybridized carbons (Fsp3) is 0.520. The third-order valence-electron chi connectivity index (χ3n) is 5.54. The third-order valence-corrected chi connectivity index (χ3v) is 5.54. The standard InChI is InChI=1S/C25H34O6/c1-17-9-5-7-11-19(17)13-28-15-21(26)23-24(31-25(3,4)30-23)22(27)16-29-14-20-12-8-6-10-18(20)2/h5-12,21-24,26-27H,13-16H2,1-4H3/t21-,22-,23-,24-/m1/s1. The maximum absolute atomic E-state index is 10.7. The molecule has 0 bridgehead atoms. The predicted octanol–water partition coefficient (Wildman–Crippen LogP) is 3.28. The highest BCUT2D eigenvalue weighted by Crippen LogP contribution is 2.32. The van der Waals surface area contributed by atoms with Crippen LogP contribution in [0.25, 0.3) is 0 Å². The Bertz CT molecular complexity index is 769. The van der Waals surface area contributed by atoms with Gasteiger partial charge in [0.25, 0.3) is 0 Å². The minimum absolute atomic E-state index is 0.0751. The molecule has 2 N–H and O–H groups in total. The fourth-order valence-electron chi connectivity index (χ4n) is 3.73. The van der Waals surface area contributed by atoms with Gasteiger partial charge in [-0.2, -0.15) is 0 Å². The van der Waals surface area contributed by atoms with Crippen molar-refractivity contribution in [1.82, 2.24) is 0 Å². The van der Waals surface area contributed by atoms with Crippen LogP contribution in [0.1, 0.15) is 36.1 Å². The van der Waals surface area contributed by atoms with E-state index >= 15 is 0 Å². The zero-order chi connectivity index (χ0) is 22.4. The molecule has 0 amide bonds. The van der Waals surface area contributed by atoms with Gasteiger partial charge in [-0.3, -0.25) is 0 Å². The molecule has 170 valence electrons. The Morgan fingerprint density at radius 1 is 0.774 bits per heavy atom. The van der Waals surface area contributed by atoms with E-state index in [0.717, 1.165) is 22.3 Å². The van der Waals surface area contributed by atoms with E-state index in [-0.39, 0.29) is 13.2 Å². The van der Waals surface area contributed by atoms with Gasteiger partial charge in [-0.25, -0.2) is 0 Å². The summed E-state index contributed by atoms with van der Waals surface area (Å²) >= 11 is 0. The van der Waals surface area contributed by atoms with Crippen LogP contribution in [0, 0.1) is 13.8 Å². The first kappa shape index (κ1) is 23.9. The lowest BCUT2D eigenvalue weighted by Gasteiger charge is -2.25. The van der Waals surface area contributed by atoms with Gasteiger partial charge in [0.15, 0.2) is 5.79 Å². The first-order chi connectivity index (χ1) is 14.8. The van der Waals surface area contributed by atoms with E-state index < -0.39 is 30.2 Å². The van der Waals surface area contributed by atoms with Gasteiger partial charge in [0.05, 0.1) is 26.4 Å². The quantitative estimate of drug-likeness (QED) is 0.602. The van der Waals surface area contributed by atoms with Crippen molar-refractivity contribution >= 4 is 0 Å². The second-order valence-electron chi connectivity index (χ2n) is 8.58. The zero-order valence-corrected chi connectivity index (χ0v) is 18.8. The first-order valence-corrected chi connectivity index (χ1v) is 10.7. The van der Waals surface area contributed by atoms with Crippen molar-refractivity contribution in [3.63, 3.8) is 0 Å². The number of hydrogen-bond donors (Lipinski definition) is 2. The molecule has 0 spiro atoms. The van der Waals surface area contributed by atoms with Crippen molar-refractivity contribution < 1.29 is 29.2 Å². The molecular formula is C25H34O6. The highest BCUT2D eigenvalue weighted by Gasteiger charge is 2.48. The van der Waals surface area contributed by atoms with E-state index in [1.807, 2.05) is 62.4 Å². The highest BCUT2D eigenvalue weighted by molar-refractivity contribution is 5.25. The molecule has 6 nitrogen and oxygen atoms in total. The molecule has 0 radical (unpaired) electrons. The predicted molar refractivity (Wildman–Crippen MR) is 118 cm³/mol. The Morgan fingerprint density at radius 2 is 1.16 bits per heavy atom. The molecule has 0 saturated carbocycles. The molecule has 1 saturated heterocycles. The summed E-state index contributed by atoms with van der Waals surface area (Å²) in [5.41, 5.74) is 4.41. The highest BCUT2D eigenvalue weighted by atomic mass is 16.8. The number of aliphatic hydroxyl groups excluding tert-OH is 2. The van der Waals surface area contributed by atoms with Crippen molar-refractivity contribution in [3.05, 3.63) is 70.8 Å². The summed E-state index contributed by atoms with van der Waals surface area (Å²) in [5, 5.41) is 21.4. The number of rotatable bonds is 10. The number of aliphatic hydroxyl groups is 2. The van der Waals surface area contributed by atoms with Gasteiger partial charge in [0.2, 0.25) is 0 Å². The molecule has 1 fully saturated rings. The smallest absolute Gasteiger partial charge is 0.164 e. The molecule has 3 rings (SSSR count). The minimum Gasteiger partial charge on any atom is -0.388 e. The monoisotopic (exact) mass is 430 g/mol. The van der Waals surface area contributed by atoms with Gasteiger partial charge >= 0.3 is 0 Å². The lowest BCUT2D eigenvalue weighted by atomic mass is 10.0. The van der Waals surface area contributed by atoms with Crippen LogP contribution >= 0.6 is 0 Å². The van der Waals surface area contributed by atoms with E-state index in [1.165, 1.54) is 0 Å². The van der Waals surface area contributed by atoms with E-state index in [2.05, 4.69) is 0 Å². The zero-order valence-electron chi connectivity index (χ0n) is 18.8. The number of hydrogen-bond acceptors (Lipinski definition) is 6. The van der Waals surface area contributed by atoms with E-state index in [9.17, 15) is 10.2 Å². The van der Waals surface area contributed by atoms with Crippen LogP contribution < -0.4 is 0 Å². The summed E-state index contributed by atoms with van der Waals surface area (Å²) in [5.74, 6) is -0.913. The maximum Gasteiger partial charge on any atom is 0.164 e. The van der Waals surface area contributed by atoms with Crippen LogP contribution in [0.4, 0.5) is 0 Å². The number of aryl methyl sites for hydroxylation is 2. The van der Waals surface area contributed by atoms with Crippen molar-refractivity contribution in [3.8, 4) is 0 Å². The molecule has 6 heteroatoms. The second-order valence-corrected chi connectivity index (χ2v) is 8.58. The average molecular weight is 431 g/mol. The van der Waals surface area contributed by atoms with Gasteiger partial charge in [-0.15, -0.1) is 0 Å². The topological polar surface area (TPSA) is 77.4 Å². The maximum atomic E-state index is 10.7. The molecule has 2 aromatic carbocycles. The van der Waals surface area contributed by atoms with Crippen LogP contribution in [-0.2, 0) is 32.2 Å². The van der Waals surface area contributed by atoms with Crippen molar-refractivity contribution in [2.45, 2.75) is 71.1 Å². The van der Waals surface area contributed by atoms with Gasteiger partial charge in [-0.05, 0) is 49.9 Å². The van der Waals surface area contributed by atoms with Crippen molar-refractivity contribution in [2.75, 3.05) is 13.2 Å². The normalized spacial score (nSPS) is 22.4. The third kappa shape index (κ3) is 6.59.